The lowest BCUT2D eigenvalue weighted by Gasteiger charge is -2.13. The Balaban J connectivity index is 2.48. The monoisotopic (exact) mass is 478 g/mol. The van der Waals surface area contributed by atoms with E-state index >= 15 is 0 Å². The van der Waals surface area contributed by atoms with Crippen molar-refractivity contribution in [2.45, 2.75) is 3.74 Å². The quantitative estimate of drug-likeness (QED) is 0.419. The van der Waals surface area contributed by atoms with Crippen LogP contribution >= 0.6 is 47.8 Å². The van der Waals surface area contributed by atoms with Gasteiger partial charge in [0.15, 0.2) is 5.78 Å². The first kappa shape index (κ1) is 16.6. The van der Waals surface area contributed by atoms with Gasteiger partial charge < -0.3 is 4.74 Å². The van der Waals surface area contributed by atoms with E-state index in [1.807, 2.05) is 6.07 Å². The second-order valence-corrected chi connectivity index (χ2v) is 8.13. The third kappa shape index (κ3) is 3.73. The molecule has 21 heavy (non-hydrogen) atoms. The van der Waals surface area contributed by atoms with Crippen LogP contribution in [0.25, 0.3) is 0 Å². The first-order chi connectivity index (χ1) is 9.93. The predicted octanol–water partition coefficient (Wildman–Crippen LogP) is 5.62. The molecule has 2 aromatic rings. The molecule has 0 saturated carbocycles. The Morgan fingerprint density at radius 2 is 1.81 bits per heavy atom. The molecule has 6 heteroatoms. The fourth-order valence-electron chi connectivity index (χ4n) is 1.85. The molecule has 0 heterocycles. The summed E-state index contributed by atoms with van der Waals surface area (Å²) >= 11 is 10.2. The molecule has 2 rings (SSSR count). The number of ether oxygens (including phenoxy) is 1. The van der Waals surface area contributed by atoms with Crippen molar-refractivity contribution < 1.29 is 13.9 Å². The van der Waals surface area contributed by atoms with E-state index in [2.05, 4.69) is 47.8 Å². The van der Waals surface area contributed by atoms with Gasteiger partial charge in [0.1, 0.15) is 11.6 Å². The van der Waals surface area contributed by atoms with Gasteiger partial charge in [-0.1, -0.05) is 47.8 Å². The van der Waals surface area contributed by atoms with E-state index in [9.17, 15) is 9.18 Å². The zero-order chi connectivity index (χ0) is 15.6. The van der Waals surface area contributed by atoms with E-state index in [1.54, 1.807) is 13.2 Å². The molecule has 0 saturated heterocycles. The number of hydrogen-bond donors (Lipinski definition) is 0. The van der Waals surface area contributed by atoms with Gasteiger partial charge in [0, 0.05) is 21.2 Å². The van der Waals surface area contributed by atoms with Gasteiger partial charge in [-0.05, 0) is 36.4 Å². The molecule has 0 aliphatic rings. The zero-order valence-electron chi connectivity index (χ0n) is 10.9. The molecular formula is C15H10Br3FO2. The van der Waals surface area contributed by atoms with Gasteiger partial charge in [-0.3, -0.25) is 4.79 Å². The van der Waals surface area contributed by atoms with E-state index in [0.717, 1.165) is 5.56 Å². The summed E-state index contributed by atoms with van der Waals surface area (Å²) in [6, 6.07) is 8.93. The largest absolute Gasteiger partial charge is 0.496 e. The average Bonchev–Trinajstić information content (AvgIpc) is 2.47. The van der Waals surface area contributed by atoms with Crippen LogP contribution in [0.5, 0.6) is 5.75 Å². The van der Waals surface area contributed by atoms with Crippen molar-refractivity contribution in [3.63, 3.8) is 0 Å². The number of methoxy groups -OCH3 is 1. The first-order valence-corrected chi connectivity index (χ1v) is 8.52. The van der Waals surface area contributed by atoms with Crippen LogP contribution in [0, 0.1) is 5.82 Å². The molecule has 0 N–H and O–H groups in total. The summed E-state index contributed by atoms with van der Waals surface area (Å²) in [6.45, 7) is 0. The van der Waals surface area contributed by atoms with Crippen molar-refractivity contribution in [1.29, 1.82) is 0 Å². The predicted molar refractivity (Wildman–Crippen MR) is 91.1 cm³/mol. The molecule has 0 radical (unpaired) electrons. The summed E-state index contributed by atoms with van der Waals surface area (Å²) in [5.41, 5.74) is 1.74. The normalized spacial score (nSPS) is 10.8. The summed E-state index contributed by atoms with van der Waals surface area (Å²) in [6.07, 6.45) is 0. The van der Waals surface area contributed by atoms with E-state index in [0.29, 0.717) is 21.3 Å². The molecule has 0 atom stereocenters. The number of ketones is 1. The summed E-state index contributed by atoms with van der Waals surface area (Å²) in [5.74, 6) is 0.00907. The second kappa shape index (κ2) is 7.03. The molecule has 0 aliphatic carbocycles. The Bertz CT molecular complexity index is 669. The first-order valence-electron chi connectivity index (χ1n) is 5.90. The molecule has 0 aromatic heterocycles. The van der Waals surface area contributed by atoms with Crippen LogP contribution in [0.3, 0.4) is 0 Å². The third-order valence-electron chi connectivity index (χ3n) is 2.91. The topological polar surface area (TPSA) is 26.3 Å². The molecule has 0 spiro atoms. The van der Waals surface area contributed by atoms with Gasteiger partial charge in [-0.15, -0.1) is 0 Å². The van der Waals surface area contributed by atoms with Crippen molar-refractivity contribution >= 4 is 53.6 Å². The Morgan fingerprint density at radius 1 is 1.19 bits per heavy atom. The molecule has 0 bridgehead atoms. The standard InChI is InChI=1S/C15H10Br3FO2/c1-21-13-7-10(12(16)6-11(13)15(17)18)14(20)8-2-4-9(19)5-3-8/h2-7,15H,1H3. The van der Waals surface area contributed by atoms with E-state index in [-0.39, 0.29) is 15.3 Å². The van der Waals surface area contributed by atoms with Crippen LogP contribution in [0.2, 0.25) is 0 Å². The van der Waals surface area contributed by atoms with Crippen molar-refractivity contribution in [2.24, 2.45) is 0 Å². The minimum absolute atomic E-state index is 0.0915. The molecule has 2 aromatic carbocycles. The van der Waals surface area contributed by atoms with Crippen LogP contribution in [0.1, 0.15) is 25.2 Å². The molecule has 2 nitrogen and oxygen atoms in total. The SMILES string of the molecule is COc1cc(C(=O)c2ccc(F)cc2)c(Br)cc1C(Br)Br. The minimum Gasteiger partial charge on any atom is -0.496 e. The highest BCUT2D eigenvalue weighted by molar-refractivity contribution is 9.24. The number of benzene rings is 2. The molecule has 110 valence electrons. The lowest BCUT2D eigenvalue weighted by Crippen LogP contribution is -2.04. The third-order valence-corrected chi connectivity index (χ3v) is 4.55. The van der Waals surface area contributed by atoms with Crippen LogP contribution in [0.15, 0.2) is 40.9 Å². The summed E-state index contributed by atoms with van der Waals surface area (Å²) in [5, 5.41) is 0. The molecule has 0 fully saturated rings. The van der Waals surface area contributed by atoms with Crippen LogP contribution in [-0.4, -0.2) is 12.9 Å². The van der Waals surface area contributed by atoms with Gasteiger partial charge in [-0.25, -0.2) is 4.39 Å². The highest BCUT2D eigenvalue weighted by atomic mass is 79.9. The smallest absolute Gasteiger partial charge is 0.194 e. The number of hydrogen-bond acceptors (Lipinski definition) is 2. The lowest BCUT2D eigenvalue weighted by molar-refractivity contribution is 0.103. The number of carbonyl (C=O) groups excluding carboxylic acids is 1. The number of halogens is 4. The number of alkyl halides is 2. The summed E-state index contributed by atoms with van der Waals surface area (Å²) < 4.78 is 18.8. The maximum atomic E-state index is 12.9. The second-order valence-electron chi connectivity index (χ2n) is 4.21. The Kier molecular flexibility index (Phi) is 5.57. The minimum atomic E-state index is -0.375. The van der Waals surface area contributed by atoms with E-state index in [4.69, 9.17) is 4.74 Å². The van der Waals surface area contributed by atoms with Crippen LogP contribution in [-0.2, 0) is 0 Å². The summed E-state index contributed by atoms with van der Waals surface area (Å²) in [4.78, 5) is 12.5. The van der Waals surface area contributed by atoms with Crippen LogP contribution in [0.4, 0.5) is 4.39 Å². The Labute approximate surface area is 147 Å². The van der Waals surface area contributed by atoms with Crippen molar-refractivity contribution in [3.8, 4) is 5.75 Å². The highest BCUT2D eigenvalue weighted by Crippen LogP contribution is 2.39. The fourth-order valence-corrected chi connectivity index (χ4v) is 3.10. The highest BCUT2D eigenvalue weighted by Gasteiger charge is 2.19. The average molecular weight is 481 g/mol. The number of carbonyl (C=O) groups is 1. The maximum absolute atomic E-state index is 12.9. The van der Waals surface area contributed by atoms with Gasteiger partial charge in [-0.2, -0.15) is 0 Å². The Morgan fingerprint density at radius 3 is 2.33 bits per heavy atom. The fraction of sp³-hybridized carbons (Fsp3) is 0.133. The summed E-state index contributed by atoms with van der Waals surface area (Å²) in [7, 11) is 1.54. The van der Waals surface area contributed by atoms with E-state index in [1.165, 1.54) is 24.3 Å². The number of rotatable bonds is 4. The Hall–Kier alpha value is -0.720. The molecule has 0 aliphatic heterocycles. The van der Waals surface area contributed by atoms with Gasteiger partial charge >= 0.3 is 0 Å². The van der Waals surface area contributed by atoms with Crippen molar-refractivity contribution in [2.75, 3.05) is 7.11 Å². The van der Waals surface area contributed by atoms with Gasteiger partial charge in [0.05, 0.1) is 10.8 Å². The van der Waals surface area contributed by atoms with Crippen LogP contribution < -0.4 is 4.74 Å². The van der Waals surface area contributed by atoms with E-state index < -0.39 is 0 Å². The molecule has 0 amide bonds. The molecule has 0 unspecified atom stereocenters. The van der Waals surface area contributed by atoms with Gasteiger partial charge in [0.25, 0.3) is 0 Å². The zero-order valence-corrected chi connectivity index (χ0v) is 15.6. The van der Waals surface area contributed by atoms with Crippen molar-refractivity contribution in [1.82, 2.24) is 0 Å². The van der Waals surface area contributed by atoms with Gasteiger partial charge in [0.2, 0.25) is 0 Å². The molecular weight excluding hydrogens is 471 g/mol. The van der Waals surface area contributed by atoms with Crippen molar-refractivity contribution in [3.05, 3.63) is 63.4 Å². The lowest BCUT2D eigenvalue weighted by atomic mass is 10.0. The maximum Gasteiger partial charge on any atom is 0.194 e.